The van der Waals surface area contributed by atoms with Crippen LogP contribution in [-0.2, 0) is 6.54 Å². The van der Waals surface area contributed by atoms with E-state index in [1.807, 2.05) is 12.1 Å². The number of methoxy groups -OCH3 is 2. The van der Waals surface area contributed by atoms with Crippen molar-refractivity contribution >= 4 is 29.9 Å². The fourth-order valence-corrected chi connectivity index (χ4v) is 4.62. The number of halogens is 1. The van der Waals surface area contributed by atoms with Crippen molar-refractivity contribution in [2.24, 2.45) is 10.9 Å². The second-order valence-corrected chi connectivity index (χ2v) is 8.50. The molecule has 0 amide bonds. The van der Waals surface area contributed by atoms with E-state index in [0.717, 1.165) is 43.4 Å². The predicted octanol–water partition coefficient (Wildman–Crippen LogP) is 3.74. The normalized spacial score (nSPS) is 18.9. The van der Waals surface area contributed by atoms with Crippen molar-refractivity contribution in [2.45, 2.75) is 57.5 Å². The Hall–Kier alpha value is -1.42. The molecule has 1 aromatic carbocycles. The van der Waals surface area contributed by atoms with Gasteiger partial charge in [0.25, 0.3) is 0 Å². The molecule has 0 atom stereocenters. The molecule has 1 aliphatic carbocycles. The molecule has 31 heavy (non-hydrogen) atoms. The molecule has 3 rings (SSSR count). The summed E-state index contributed by atoms with van der Waals surface area (Å²) in [5.41, 5.74) is 0.951. The Morgan fingerprint density at radius 2 is 1.68 bits per heavy atom. The third-order valence-electron chi connectivity index (χ3n) is 6.39. The lowest BCUT2D eigenvalue weighted by atomic mass is 9.88. The lowest BCUT2D eigenvalue weighted by molar-refractivity contribution is 0.160. The van der Waals surface area contributed by atoms with Gasteiger partial charge in [0.05, 0.1) is 14.2 Å². The van der Waals surface area contributed by atoms with Gasteiger partial charge in [-0.2, -0.15) is 0 Å². The van der Waals surface area contributed by atoms with E-state index < -0.39 is 0 Å². The molecule has 0 bridgehead atoms. The summed E-state index contributed by atoms with van der Waals surface area (Å²) in [4.78, 5) is 7.03. The molecule has 0 unspecified atom stereocenters. The Morgan fingerprint density at radius 3 is 2.23 bits per heavy atom. The van der Waals surface area contributed by atoms with E-state index in [-0.39, 0.29) is 29.7 Å². The maximum atomic E-state index is 10.1. The number of ether oxygens (including phenoxy) is 2. The quantitative estimate of drug-likeness (QED) is 0.275. The summed E-state index contributed by atoms with van der Waals surface area (Å²) < 4.78 is 10.5. The summed E-state index contributed by atoms with van der Waals surface area (Å²) in [6, 6.07) is 4.06. The molecule has 3 N–H and O–H groups in total. The molecule has 1 saturated carbocycles. The van der Waals surface area contributed by atoms with Crippen LogP contribution in [0.2, 0.25) is 0 Å². The minimum absolute atomic E-state index is 0. The summed E-state index contributed by atoms with van der Waals surface area (Å²) >= 11 is 0. The Kier molecular flexibility index (Phi) is 11.0. The van der Waals surface area contributed by atoms with Crippen LogP contribution < -0.4 is 20.1 Å². The summed E-state index contributed by atoms with van der Waals surface area (Å²) in [6.07, 6.45) is 9.40. The maximum absolute atomic E-state index is 10.1. The molecule has 176 valence electrons. The van der Waals surface area contributed by atoms with Gasteiger partial charge < -0.3 is 30.1 Å². The number of piperidine rings is 1. The van der Waals surface area contributed by atoms with Gasteiger partial charge in [-0.3, -0.25) is 4.99 Å². The lowest BCUT2D eigenvalue weighted by Crippen LogP contribution is -2.49. The molecule has 1 heterocycles. The van der Waals surface area contributed by atoms with Gasteiger partial charge in [0.2, 0.25) is 5.75 Å². The van der Waals surface area contributed by atoms with Crippen LogP contribution in [0.1, 0.15) is 50.5 Å². The Labute approximate surface area is 204 Å². The molecule has 2 fully saturated rings. The number of aromatic hydroxyl groups is 1. The lowest BCUT2D eigenvalue weighted by Gasteiger charge is -2.36. The predicted molar refractivity (Wildman–Crippen MR) is 136 cm³/mol. The highest BCUT2D eigenvalue weighted by Gasteiger charge is 2.23. The maximum Gasteiger partial charge on any atom is 0.200 e. The topological polar surface area (TPSA) is 78.4 Å². The van der Waals surface area contributed by atoms with E-state index in [0.29, 0.717) is 24.1 Å². The minimum Gasteiger partial charge on any atom is -0.502 e. The zero-order valence-corrected chi connectivity index (χ0v) is 21.5. The number of phenols is 1. The molecule has 0 spiro atoms. The van der Waals surface area contributed by atoms with Gasteiger partial charge in [-0.25, -0.2) is 0 Å². The van der Waals surface area contributed by atoms with Crippen LogP contribution in [0, 0.1) is 5.92 Å². The van der Waals surface area contributed by atoms with E-state index in [2.05, 4.69) is 20.5 Å². The first-order valence-corrected chi connectivity index (χ1v) is 11.3. The molecular weight excluding hydrogens is 507 g/mol. The number of aliphatic imine (C=N–C) groups is 1. The second kappa shape index (κ2) is 13.2. The van der Waals surface area contributed by atoms with Gasteiger partial charge >= 0.3 is 0 Å². The number of likely N-dealkylation sites (tertiary alicyclic amines) is 1. The number of phenolic OH excluding ortho intramolecular Hbond substituents is 1. The number of benzene rings is 1. The third kappa shape index (κ3) is 7.59. The Balaban J connectivity index is 0.00000341. The van der Waals surface area contributed by atoms with E-state index in [1.165, 1.54) is 52.9 Å². The average Bonchev–Trinajstić information content (AvgIpc) is 2.79. The van der Waals surface area contributed by atoms with Crippen LogP contribution in [0.3, 0.4) is 0 Å². The molecule has 1 saturated heterocycles. The fraction of sp³-hybridized carbons (Fsp3) is 0.696. The van der Waals surface area contributed by atoms with Gasteiger partial charge in [0.1, 0.15) is 0 Å². The molecule has 2 aliphatic rings. The van der Waals surface area contributed by atoms with Crippen LogP contribution in [0.25, 0.3) is 0 Å². The van der Waals surface area contributed by atoms with Gasteiger partial charge in [-0.1, -0.05) is 19.3 Å². The van der Waals surface area contributed by atoms with Crippen molar-refractivity contribution in [1.29, 1.82) is 0 Å². The number of hydrogen-bond donors (Lipinski definition) is 3. The Morgan fingerprint density at radius 1 is 1.06 bits per heavy atom. The van der Waals surface area contributed by atoms with Gasteiger partial charge in [0.15, 0.2) is 17.5 Å². The SMILES string of the molecule is CN=C(NCc1cc(OC)c(O)c(OC)c1)NC1CCN(CC2CCCCC2)CC1.I. The van der Waals surface area contributed by atoms with Crippen LogP contribution in [0.15, 0.2) is 17.1 Å². The van der Waals surface area contributed by atoms with Gasteiger partial charge in [0, 0.05) is 39.3 Å². The van der Waals surface area contributed by atoms with E-state index in [1.54, 1.807) is 7.05 Å². The molecule has 0 aromatic heterocycles. The standard InChI is InChI=1S/C23H38N4O3.HI/c1-24-23(25-15-18-13-20(29-2)22(28)21(14-18)30-3)26-19-9-11-27(12-10-19)16-17-7-5-4-6-8-17;/h13-14,17,19,28H,4-12,15-16H2,1-3H3,(H2,24,25,26);1H. The van der Waals surface area contributed by atoms with E-state index >= 15 is 0 Å². The molecular formula is C23H39IN4O3. The van der Waals surface area contributed by atoms with Gasteiger partial charge in [-0.15, -0.1) is 24.0 Å². The Bertz CT molecular complexity index is 677. The number of nitrogens with one attached hydrogen (secondary N) is 2. The van der Waals surface area contributed by atoms with Crippen LogP contribution in [-0.4, -0.2) is 62.9 Å². The first-order chi connectivity index (χ1) is 14.6. The zero-order chi connectivity index (χ0) is 21.3. The van der Waals surface area contributed by atoms with Crippen molar-refractivity contribution in [2.75, 3.05) is 40.9 Å². The second-order valence-electron chi connectivity index (χ2n) is 8.50. The van der Waals surface area contributed by atoms with Crippen LogP contribution >= 0.6 is 24.0 Å². The number of guanidine groups is 1. The number of hydrogen-bond acceptors (Lipinski definition) is 5. The van der Waals surface area contributed by atoms with E-state index in [9.17, 15) is 5.11 Å². The molecule has 1 aromatic rings. The summed E-state index contributed by atoms with van der Waals surface area (Å²) in [6.45, 7) is 4.17. The van der Waals surface area contributed by atoms with Crippen LogP contribution in [0.5, 0.6) is 17.2 Å². The van der Waals surface area contributed by atoms with Crippen LogP contribution in [0.4, 0.5) is 0 Å². The van der Waals surface area contributed by atoms with Crippen molar-refractivity contribution in [3.05, 3.63) is 17.7 Å². The first kappa shape index (κ1) is 25.8. The highest BCUT2D eigenvalue weighted by molar-refractivity contribution is 14.0. The van der Waals surface area contributed by atoms with Crippen molar-refractivity contribution in [1.82, 2.24) is 15.5 Å². The minimum atomic E-state index is 0. The summed E-state index contributed by atoms with van der Waals surface area (Å²) in [5, 5.41) is 17.0. The van der Waals surface area contributed by atoms with Gasteiger partial charge in [-0.05, 0) is 49.3 Å². The largest absolute Gasteiger partial charge is 0.502 e. The number of nitrogens with zero attached hydrogens (tertiary/aromatic N) is 2. The summed E-state index contributed by atoms with van der Waals surface area (Å²) in [7, 11) is 4.87. The average molecular weight is 546 g/mol. The monoisotopic (exact) mass is 546 g/mol. The van der Waals surface area contributed by atoms with E-state index in [4.69, 9.17) is 9.47 Å². The number of rotatable bonds is 7. The highest BCUT2D eigenvalue weighted by Crippen LogP contribution is 2.37. The smallest absolute Gasteiger partial charge is 0.200 e. The fourth-order valence-electron chi connectivity index (χ4n) is 4.62. The third-order valence-corrected chi connectivity index (χ3v) is 6.39. The van der Waals surface area contributed by atoms with Crippen molar-refractivity contribution in [3.8, 4) is 17.2 Å². The summed E-state index contributed by atoms with van der Waals surface area (Å²) in [5.74, 6) is 2.54. The first-order valence-electron chi connectivity index (χ1n) is 11.3. The van der Waals surface area contributed by atoms with Crippen molar-refractivity contribution < 1.29 is 14.6 Å². The highest BCUT2D eigenvalue weighted by atomic mass is 127. The molecule has 7 nitrogen and oxygen atoms in total. The van der Waals surface area contributed by atoms with Crippen molar-refractivity contribution in [3.63, 3.8) is 0 Å². The molecule has 1 aliphatic heterocycles. The molecule has 8 heteroatoms. The molecule has 0 radical (unpaired) electrons. The zero-order valence-electron chi connectivity index (χ0n) is 19.2.